The molecule has 3 rings (SSSR count). The normalized spacial score (nSPS) is 12.3. The number of benzene rings is 2. The summed E-state index contributed by atoms with van der Waals surface area (Å²) in [5.41, 5.74) is 9.57. The van der Waals surface area contributed by atoms with Crippen molar-refractivity contribution in [2.45, 2.75) is 12.5 Å². The highest BCUT2D eigenvalue weighted by atomic mass is 35.5. The molecule has 0 bridgehead atoms. The average molecular weight is 298 g/mol. The molecule has 0 aliphatic carbocycles. The summed E-state index contributed by atoms with van der Waals surface area (Å²) in [5, 5.41) is 0.717. The first-order valence-electron chi connectivity index (χ1n) is 6.82. The van der Waals surface area contributed by atoms with Crippen molar-refractivity contribution in [1.29, 1.82) is 0 Å². The molecule has 0 saturated heterocycles. The van der Waals surface area contributed by atoms with Gasteiger partial charge in [-0.2, -0.15) is 0 Å². The highest BCUT2D eigenvalue weighted by Gasteiger charge is 2.13. The molecule has 1 heterocycles. The van der Waals surface area contributed by atoms with E-state index in [1.165, 1.54) is 5.56 Å². The first kappa shape index (κ1) is 13.9. The van der Waals surface area contributed by atoms with E-state index in [0.29, 0.717) is 5.02 Å². The minimum absolute atomic E-state index is 0.106. The summed E-state index contributed by atoms with van der Waals surface area (Å²) in [6.45, 7) is 0. The molecule has 2 aromatic carbocycles. The SMILES string of the molecule is N[C@H](Cc1ccccc1)c1cncn1-c1ccc(Cl)cc1. The van der Waals surface area contributed by atoms with Crippen LogP contribution in [-0.2, 0) is 6.42 Å². The third-order valence-electron chi connectivity index (χ3n) is 3.45. The molecule has 0 aliphatic rings. The highest BCUT2D eigenvalue weighted by Crippen LogP contribution is 2.21. The van der Waals surface area contributed by atoms with Crippen LogP contribution < -0.4 is 5.73 Å². The molecule has 0 fully saturated rings. The first-order chi connectivity index (χ1) is 10.2. The maximum Gasteiger partial charge on any atom is 0.0994 e. The fourth-order valence-corrected chi connectivity index (χ4v) is 2.50. The van der Waals surface area contributed by atoms with Gasteiger partial charge in [0.05, 0.1) is 24.3 Å². The molecule has 0 spiro atoms. The summed E-state index contributed by atoms with van der Waals surface area (Å²) in [4.78, 5) is 4.23. The zero-order valence-electron chi connectivity index (χ0n) is 11.5. The number of rotatable bonds is 4. The monoisotopic (exact) mass is 297 g/mol. The number of hydrogen-bond acceptors (Lipinski definition) is 2. The topological polar surface area (TPSA) is 43.8 Å². The van der Waals surface area contributed by atoms with Crippen LogP contribution in [0, 0.1) is 0 Å². The number of imidazole rings is 1. The van der Waals surface area contributed by atoms with Crippen LogP contribution in [-0.4, -0.2) is 9.55 Å². The lowest BCUT2D eigenvalue weighted by Crippen LogP contribution is -2.17. The fraction of sp³-hybridized carbons (Fsp3) is 0.118. The van der Waals surface area contributed by atoms with E-state index in [0.717, 1.165) is 17.8 Å². The van der Waals surface area contributed by atoms with Gasteiger partial charge in [-0.15, -0.1) is 0 Å². The second-order valence-electron chi connectivity index (χ2n) is 4.96. The largest absolute Gasteiger partial charge is 0.322 e. The van der Waals surface area contributed by atoms with E-state index in [-0.39, 0.29) is 6.04 Å². The van der Waals surface area contributed by atoms with Crippen molar-refractivity contribution < 1.29 is 0 Å². The summed E-state index contributed by atoms with van der Waals surface area (Å²) in [7, 11) is 0. The maximum absolute atomic E-state index is 6.35. The van der Waals surface area contributed by atoms with E-state index in [4.69, 9.17) is 17.3 Å². The van der Waals surface area contributed by atoms with Crippen LogP contribution in [0.4, 0.5) is 0 Å². The molecule has 0 saturated carbocycles. The van der Waals surface area contributed by atoms with Crippen molar-refractivity contribution in [2.75, 3.05) is 0 Å². The Morgan fingerprint density at radius 3 is 2.48 bits per heavy atom. The summed E-state index contributed by atoms with van der Waals surface area (Å²) >= 11 is 5.93. The van der Waals surface area contributed by atoms with Gasteiger partial charge in [-0.25, -0.2) is 4.98 Å². The van der Waals surface area contributed by atoms with Gasteiger partial charge in [-0.3, -0.25) is 0 Å². The average Bonchev–Trinajstić information content (AvgIpc) is 2.98. The summed E-state index contributed by atoms with van der Waals surface area (Å²) in [6.07, 6.45) is 4.38. The van der Waals surface area contributed by atoms with Gasteiger partial charge in [0.1, 0.15) is 0 Å². The maximum atomic E-state index is 6.35. The number of halogens is 1. The zero-order chi connectivity index (χ0) is 14.7. The zero-order valence-corrected chi connectivity index (χ0v) is 12.2. The van der Waals surface area contributed by atoms with Crippen LogP contribution >= 0.6 is 11.6 Å². The molecule has 2 N–H and O–H groups in total. The molecule has 4 heteroatoms. The Morgan fingerprint density at radius 1 is 1.05 bits per heavy atom. The van der Waals surface area contributed by atoms with E-state index >= 15 is 0 Å². The molecular weight excluding hydrogens is 282 g/mol. The molecule has 21 heavy (non-hydrogen) atoms. The fourth-order valence-electron chi connectivity index (χ4n) is 2.37. The summed E-state index contributed by atoms with van der Waals surface area (Å²) < 4.78 is 2.00. The van der Waals surface area contributed by atoms with Gasteiger partial charge < -0.3 is 10.3 Å². The number of aromatic nitrogens is 2. The smallest absolute Gasteiger partial charge is 0.0994 e. The number of nitrogens with two attached hydrogens (primary N) is 1. The molecule has 0 unspecified atom stereocenters. The van der Waals surface area contributed by atoms with Gasteiger partial charge >= 0.3 is 0 Å². The minimum Gasteiger partial charge on any atom is -0.322 e. The summed E-state index contributed by atoms with van der Waals surface area (Å²) in [5.74, 6) is 0. The Morgan fingerprint density at radius 2 is 1.76 bits per heavy atom. The van der Waals surface area contributed by atoms with Crippen molar-refractivity contribution in [3.05, 3.63) is 83.4 Å². The van der Waals surface area contributed by atoms with Crippen molar-refractivity contribution in [1.82, 2.24) is 9.55 Å². The predicted molar refractivity (Wildman–Crippen MR) is 85.6 cm³/mol. The molecule has 3 aromatic rings. The third-order valence-corrected chi connectivity index (χ3v) is 3.70. The van der Waals surface area contributed by atoms with Crippen LogP contribution in [0.2, 0.25) is 5.02 Å². The molecule has 0 radical (unpaired) electrons. The van der Waals surface area contributed by atoms with Crippen LogP contribution in [0.1, 0.15) is 17.3 Å². The van der Waals surface area contributed by atoms with Gasteiger partial charge in [-0.1, -0.05) is 41.9 Å². The van der Waals surface area contributed by atoms with Gasteiger partial charge in [0.25, 0.3) is 0 Å². The van der Waals surface area contributed by atoms with Crippen molar-refractivity contribution in [2.24, 2.45) is 5.73 Å². The van der Waals surface area contributed by atoms with E-state index in [2.05, 4.69) is 17.1 Å². The van der Waals surface area contributed by atoms with Crippen LogP contribution in [0.5, 0.6) is 0 Å². The van der Waals surface area contributed by atoms with E-state index in [9.17, 15) is 0 Å². The quantitative estimate of drug-likeness (QED) is 0.796. The molecular formula is C17H16ClN3. The molecule has 106 valence electrons. The van der Waals surface area contributed by atoms with Gasteiger partial charge in [-0.05, 0) is 36.2 Å². The van der Waals surface area contributed by atoms with E-state index in [1.807, 2.05) is 53.2 Å². The van der Waals surface area contributed by atoms with Crippen molar-refractivity contribution in [3.63, 3.8) is 0 Å². The molecule has 0 aliphatic heterocycles. The Hall–Kier alpha value is -2.10. The molecule has 1 atom stereocenters. The molecule has 3 nitrogen and oxygen atoms in total. The lowest BCUT2D eigenvalue weighted by Gasteiger charge is -2.15. The highest BCUT2D eigenvalue weighted by molar-refractivity contribution is 6.30. The second kappa shape index (κ2) is 6.12. The Labute approximate surface area is 129 Å². The molecule has 0 amide bonds. The van der Waals surface area contributed by atoms with Crippen molar-refractivity contribution in [3.8, 4) is 5.69 Å². The van der Waals surface area contributed by atoms with Gasteiger partial charge in [0, 0.05) is 10.7 Å². The number of hydrogen-bond donors (Lipinski definition) is 1. The summed E-state index contributed by atoms with van der Waals surface area (Å²) in [6, 6.07) is 17.8. The minimum atomic E-state index is -0.106. The Balaban J connectivity index is 1.86. The first-order valence-corrected chi connectivity index (χ1v) is 7.19. The standard InChI is InChI=1S/C17H16ClN3/c18-14-6-8-15(9-7-14)21-12-20-11-17(21)16(19)10-13-4-2-1-3-5-13/h1-9,11-12,16H,10,19H2/t16-/m1/s1. The van der Waals surface area contributed by atoms with Crippen molar-refractivity contribution >= 4 is 11.6 Å². The Bertz CT molecular complexity index is 704. The lowest BCUT2D eigenvalue weighted by molar-refractivity contribution is 0.679. The molecule has 1 aromatic heterocycles. The predicted octanol–water partition coefficient (Wildman–Crippen LogP) is 3.77. The van der Waals surface area contributed by atoms with Crippen LogP contribution in [0.15, 0.2) is 67.1 Å². The second-order valence-corrected chi connectivity index (χ2v) is 5.40. The Kier molecular flexibility index (Phi) is 4.04. The van der Waals surface area contributed by atoms with Gasteiger partial charge in [0.15, 0.2) is 0 Å². The third kappa shape index (κ3) is 3.15. The van der Waals surface area contributed by atoms with Crippen LogP contribution in [0.3, 0.4) is 0 Å². The van der Waals surface area contributed by atoms with E-state index in [1.54, 1.807) is 6.33 Å². The van der Waals surface area contributed by atoms with Gasteiger partial charge in [0.2, 0.25) is 0 Å². The number of nitrogens with zero attached hydrogens (tertiary/aromatic N) is 2. The van der Waals surface area contributed by atoms with Crippen LogP contribution in [0.25, 0.3) is 5.69 Å². The van der Waals surface area contributed by atoms with E-state index < -0.39 is 0 Å². The lowest BCUT2D eigenvalue weighted by atomic mass is 10.0.